The Balaban J connectivity index is 3.16. The smallest absolute Gasteiger partial charge is 0.397 e. The summed E-state index contributed by atoms with van der Waals surface area (Å²) in [4.78, 5) is 46.1. The van der Waals surface area contributed by atoms with Crippen molar-refractivity contribution in [3.63, 3.8) is 0 Å². The van der Waals surface area contributed by atoms with E-state index in [2.05, 4.69) is 19.5 Å². The molecule has 1 aromatic rings. The quantitative estimate of drug-likeness (QED) is 0.497. The summed E-state index contributed by atoms with van der Waals surface area (Å²) in [6.45, 7) is 1.57. The molecule has 0 aliphatic heterocycles. The third-order valence-electron chi connectivity index (χ3n) is 2.56. The average Bonchev–Trinajstić information content (AvgIpc) is 2.53. The molecular weight excluding hydrogens is 294 g/mol. The van der Waals surface area contributed by atoms with Crippen molar-refractivity contribution in [1.29, 1.82) is 0 Å². The molecule has 0 unspecified atom stereocenters. The number of anilines is 1. The molecule has 0 radical (unpaired) electrons. The summed E-state index contributed by atoms with van der Waals surface area (Å²) >= 11 is 0. The highest BCUT2D eigenvalue weighted by Gasteiger charge is 2.21. The monoisotopic (exact) mass is 309 g/mol. The molecule has 8 nitrogen and oxygen atoms in total. The Morgan fingerprint density at radius 3 is 2.23 bits per heavy atom. The van der Waals surface area contributed by atoms with Gasteiger partial charge in [0.1, 0.15) is 0 Å². The van der Waals surface area contributed by atoms with Crippen molar-refractivity contribution in [3.8, 4) is 0 Å². The molecule has 0 aromatic heterocycles. The molecule has 22 heavy (non-hydrogen) atoms. The molecule has 118 valence electrons. The van der Waals surface area contributed by atoms with Crippen LogP contribution in [0.1, 0.15) is 27.6 Å². The third-order valence-corrected chi connectivity index (χ3v) is 2.56. The standard InChI is InChI=1S/C14H15NO7/c1-4-22-14(19)11(16)15-10-7-8(12(17)20-2)5-6-9(10)13(18)21-3/h5-7H,4H2,1-3H3,(H,15,16). The first-order valence-electron chi connectivity index (χ1n) is 6.23. The van der Waals surface area contributed by atoms with Gasteiger partial charge in [-0.2, -0.15) is 0 Å². The molecule has 0 aliphatic carbocycles. The van der Waals surface area contributed by atoms with Gasteiger partial charge in [-0.3, -0.25) is 4.79 Å². The maximum absolute atomic E-state index is 11.7. The fourth-order valence-electron chi connectivity index (χ4n) is 1.55. The van der Waals surface area contributed by atoms with Gasteiger partial charge >= 0.3 is 23.8 Å². The SMILES string of the molecule is CCOC(=O)C(=O)Nc1cc(C(=O)OC)ccc1C(=O)OC. The predicted molar refractivity (Wildman–Crippen MR) is 74.4 cm³/mol. The van der Waals surface area contributed by atoms with Crippen molar-refractivity contribution in [2.24, 2.45) is 0 Å². The predicted octanol–water partition coefficient (Wildman–Crippen LogP) is 0.761. The summed E-state index contributed by atoms with van der Waals surface area (Å²) in [5, 5.41) is 2.21. The van der Waals surface area contributed by atoms with E-state index in [1.165, 1.54) is 25.3 Å². The second kappa shape index (κ2) is 7.77. The number of carbonyl (C=O) groups is 4. The summed E-state index contributed by atoms with van der Waals surface area (Å²) in [7, 11) is 2.35. The lowest BCUT2D eigenvalue weighted by Crippen LogP contribution is -2.26. The van der Waals surface area contributed by atoms with Crippen LogP contribution >= 0.6 is 0 Å². The van der Waals surface area contributed by atoms with E-state index >= 15 is 0 Å². The normalized spacial score (nSPS) is 9.59. The molecule has 1 amide bonds. The zero-order chi connectivity index (χ0) is 16.7. The minimum absolute atomic E-state index is 0.0206. The van der Waals surface area contributed by atoms with Crippen molar-refractivity contribution in [2.45, 2.75) is 6.92 Å². The molecule has 0 fully saturated rings. The zero-order valence-electron chi connectivity index (χ0n) is 12.3. The van der Waals surface area contributed by atoms with E-state index in [1.807, 2.05) is 0 Å². The van der Waals surface area contributed by atoms with Crippen LogP contribution in [-0.2, 0) is 23.8 Å². The summed E-state index contributed by atoms with van der Waals surface area (Å²) in [6.07, 6.45) is 0. The Morgan fingerprint density at radius 1 is 1.05 bits per heavy atom. The van der Waals surface area contributed by atoms with Crippen LogP contribution in [0.15, 0.2) is 18.2 Å². The second-order valence-corrected chi connectivity index (χ2v) is 3.92. The molecule has 1 aromatic carbocycles. The van der Waals surface area contributed by atoms with E-state index < -0.39 is 23.8 Å². The largest absolute Gasteiger partial charge is 0.465 e. The molecule has 0 saturated heterocycles. The molecule has 0 spiro atoms. The molecule has 0 aliphatic rings. The highest BCUT2D eigenvalue weighted by atomic mass is 16.5. The van der Waals surface area contributed by atoms with Gasteiger partial charge in [0.15, 0.2) is 0 Å². The molecule has 8 heteroatoms. The lowest BCUT2D eigenvalue weighted by Gasteiger charge is -2.10. The Bertz CT molecular complexity index is 609. The number of hydrogen-bond acceptors (Lipinski definition) is 7. The van der Waals surface area contributed by atoms with Gasteiger partial charge in [0, 0.05) is 0 Å². The van der Waals surface area contributed by atoms with Crippen molar-refractivity contribution in [2.75, 3.05) is 26.1 Å². The number of benzene rings is 1. The van der Waals surface area contributed by atoms with Gasteiger partial charge in [-0.1, -0.05) is 0 Å². The summed E-state index contributed by atoms with van der Waals surface area (Å²) in [5.74, 6) is -3.59. The average molecular weight is 309 g/mol. The molecule has 0 heterocycles. The molecular formula is C14H15NO7. The van der Waals surface area contributed by atoms with Crippen LogP contribution in [-0.4, -0.2) is 44.6 Å². The van der Waals surface area contributed by atoms with Crippen LogP contribution in [0, 0.1) is 0 Å². The van der Waals surface area contributed by atoms with Gasteiger partial charge in [-0.15, -0.1) is 0 Å². The Labute approximate surface area is 126 Å². The molecule has 0 atom stereocenters. The lowest BCUT2D eigenvalue weighted by atomic mass is 10.1. The van der Waals surface area contributed by atoms with Gasteiger partial charge in [-0.05, 0) is 25.1 Å². The molecule has 0 saturated carbocycles. The van der Waals surface area contributed by atoms with Gasteiger partial charge in [0.2, 0.25) is 0 Å². The number of ether oxygens (including phenoxy) is 3. The Morgan fingerprint density at radius 2 is 1.68 bits per heavy atom. The van der Waals surface area contributed by atoms with Gasteiger partial charge < -0.3 is 19.5 Å². The number of methoxy groups -OCH3 is 2. The van der Waals surface area contributed by atoms with Gasteiger partial charge in [0.05, 0.1) is 37.6 Å². The van der Waals surface area contributed by atoms with Crippen LogP contribution in [0.2, 0.25) is 0 Å². The molecule has 0 bridgehead atoms. The van der Waals surface area contributed by atoms with E-state index in [9.17, 15) is 19.2 Å². The summed E-state index contributed by atoms with van der Waals surface area (Å²) in [5.41, 5.74) is 0.00918. The first-order chi connectivity index (χ1) is 10.4. The Hall–Kier alpha value is -2.90. The Kier molecular flexibility index (Phi) is 6.06. The fourth-order valence-corrected chi connectivity index (χ4v) is 1.55. The van der Waals surface area contributed by atoms with E-state index in [4.69, 9.17) is 0 Å². The van der Waals surface area contributed by atoms with Crippen molar-refractivity contribution in [3.05, 3.63) is 29.3 Å². The number of hydrogen-bond donors (Lipinski definition) is 1. The first-order valence-corrected chi connectivity index (χ1v) is 6.23. The topological polar surface area (TPSA) is 108 Å². The fraction of sp³-hybridized carbons (Fsp3) is 0.286. The highest BCUT2D eigenvalue weighted by molar-refractivity contribution is 6.37. The molecule has 1 N–H and O–H groups in total. The van der Waals surface area contributed by atoms with Crippen LogP contribution in [0.5, 0.6) is 0 Å². The number of esters is 3. The van der Waals surface area contributed by atoms with Crippen molar-refractivity contribution >= 4 is 29.5 Å². The number of rotatable bonds is 4. The van der Waals surface area contributed by atoms with Crippen LogP contribution in [0.3, 0.4) is 0 Å². The maximum Gasteiger partial charge on any atom is 0.397 e. The summed E-state index contributed by atoms with van der Waals surface area (Å²) < 4.78 is 13.7. The van der Waals surface area contributed by atoms with E-state index in [0.29, 0.717) is 0 Å². The number of nitrogens with one attached hydrogen (secondary N) is 1. The minimum atomic E-state index is -1.11. The van der Waals surface area contributed by atoms with Gasteiger partial charge in [0.25, 0.3) is 0 Å². The molecule has 1 rings (SSSR count). The van der Waals surface area contributed by atoms with Crippen LogP contribution in [0.25, 0.3) is 0 Å². The van der Waals surface area contributed by atoms with E-state index in [1.54, 1.807) is 6.92 Å². The maximum atomic E-state index is 11.7. The van der Waals surface area contributed by atoms with Crippen molar-refractivity contribution in [1.82, 2.24) is 0 Å². The van der Waals surface area contributed by atoms with Gasteiger partial charge in [-0.25, -0.2) is 14.4 Å². The third kappa shape index (κ3) is 4.05. The van der Waals surface area contributed by atoms with Crippen molar-refractivity contribution < 1.29 is 33.4 Å². The van der Waals surface area contributed by atoms with E-state index in [0.717, 1.165) is 7.11 Å². The number of amides is 1. The lowest BCUT2D eigenvalue weighted by molar-refractivity contribution is -0.152. The number of carbonyl (C=O) groups excluding carboxylic acids is 4. The minimum Gasteiger partial charge on any atom is -0.465 e. The highest BCUT2D eigenvalue weighted by Crippen LogP contribution is 2.19. The van der Waals surface area contributed by atoms with Crippen LogP contribution < -0.4 is 5.32 Å². The zero-order valence-corrected chi connectivity index (χ0v) is 12.3. The van der Waals surface area contributed by atoms with Crippen LogP contribution in [0.4, 0.5) is 5.69 Å². The second-order valence-electron chi connectivity index (χ2n) is 3.92. The summed E-state index contributed by atoms with van der Waals surface area (Å²) in [6, 6.07) is 3.81. The van der Waals surface area contributed by atoms with E-state index in [-0.39, 0.29) is 23.4 Å². The first kappa shape index (κ1) is 17.2.